The third kappa shape index (κ3) is 3.61. The smallest absolute Gasteiger partial charge is 0.220 e. The van der Waals surface area contributed by atoms with E-state index >= 15 is 0 Å². The van der Waals surface area contributed by atoms with Gasteiger partial charge >= 0.3 is 0 Å². The standard InChI is InChI=1S/C18H16O4/c1-2-22-17-10-6-3-7-13(17)11-12-15(19)14-8-4-5-9-16(20)18(14)21/h3-12H,2H2,1H3,(H,20,21)/b12-11-. The number of para-hydroxylation sites is 1. The Labute approximate surface area is 128 Å². The predicted molar refractivity (Wildman–Crippen MR) is 85.4 cm³/mol. The number of allylic oxidation sites excluding steroid dienone is 1. The topological polar surface area (TPSA) is 63.6 Å². The van der Waals surface area contributed by atoms with Crippen molar-refractivity contribution in [2.75, 3.05) is 6.61 Å². The maximum atomic E-state index is 12.2. The molecule has 0 heterocycles. The van der Waals surface area contributed by atoms with Crippen molar-refractivity contribution < 1.29 is 14.6 Å². The highest BCUT2D eigenvalue weighted by molar-refractivity contribution is 6.08. The van der Waals surface area contributed by atoms with E-state index < -0.39 is 17.0 Å². The lowest BCUT2D eigenvalue weighted by Gasteiger charge is -2.06. The van der Waals surface area contributed by atoms with Crippen molar-refractivity contribution in [1.29, 1.82) is 0 Å². The normalized spacial score (nSPS) is 10.6. The monoisotopic (exact) mass is 296 g/mol. The van der Waals surface area contributed by atoms with Crippen LogP contribution >= 0.6 is 0 Å². The first kappa shape index (κ1) is 15.5. The molecule has 1 N–H and O–H groups in total. The van der Waals surface area contributed by atoms with Crippen LogP contribution in [-0.2, 0) is 0 Å². The number of carbonyl (C=O) groups excluding carboxylic acids is 1. The van der Waals surface area contributed by atoms with Crippen molar-refractivity contribution in [2.45, 2.75) is 6.92 Å². The molecule has 4 nitrogen and oxygen atoms in total. The van der Waals surface area contributed by atoms with Crippen LogP contribution in [0.3, 0.4) is 0 Å². The van der Waals surface area contributed by atoms with Gasteiger partial charge in [0.1, 0.15) is 5.75 Å². The zero-order valence-electron chi connectivity index (χ0n) is 12.2. The molecule has 0 atom stereocenters. The number of hydrogen-bond acceptors (Lipinski definition) is 4. The summed E-state index contributed by atoms with van der Waals surface area (Å²) in [4.78, 5) is 23.7. The van der Waals surface area contributed by atoms with Crippen LogP contribution in [0.5, 0.6) is 11.5 Å². The van der Waals surface area contributed by atoms with Crippen LogP contribution < -0.4 is 10.2 Å². The van der Waals surface area contributed by atoms with Gasteiger partial charge in [0.05, 0.1) is 12.2 Å². The first-order valence-electron chi connectivity index (χ1n) is 6.90. The quantitative estimate of drug-likeness (QED) is 0.680. The Kier molecular flexibility index (Phi) is 5.09. The molecule has 2 aromatic rings. The van der Waals surface area contributed by atoms with Gasteiger partial charge in [0, 0.05) is 5.56 Å². The average molecular weight is 296 g/mol. The summed E-state index contributed by atoms with van der Waals surface area (Å²) in [7, 11) is 0. The molecule has 22 heavy (non-hydrogen) atoms. The SMILES string of the molecule is CCOc1ccccc1/C=C\C(=O)c1ccccc(=O)c1O. The second-order valence-electron chi connectivity index (χ2n) is 4.51. The van der Waals surface area contributed by atoms with E-state index in [0.717, 1.165) is 5.56 Å². The largest absolute Gasteiger partial charge is 0.504 e. The zero-order valence-corrected chi connectivity index (χ0v) is 12.2. The molecular weight excluding hydrogens is 280 g/mol. The van der Waals surface area contributed by atoms with Crippen LogP contribution in [0.4, 0.5) is 0 Å². The summed E-state index contributed by atoms with van der Waals surface area (Å²) in [5.74, 6) is -0.323. The molecule has 112 valence electrons. The second kappa shape index (κ2) is 7.22. The van der Waals surface area contributed by atoms with Gasteiger partial charge in [0.15, 0.2) is 11.5 Å². The fourth-order valence-corrected chi connectivity index (χ4v) is 1.94. The van der Waals surface area contributed by atoms with Crippen LogP contribution in [0.25, 0.3) is 6.08 Å². The van der Waals surface area contributed by atoms with Gasteiger partial charge < -0.3 is 9.84 Å². The molecule has 0 unspecified atom stereocenters. The fourth-order valence-electron chi connectivity index (χ4n) is 1.94. The van der Waals surface area contributed by atoms with E-state index in [1.807, 2.05) is 31.2 Å². The summed E-state index contributed by atoms with van der Waals surface area (Å²) in [6.45, 7) is 2.40. The van der Waals surface area contributed by atoms with Crippen LogP contribution in [-0.4, -0.2) is 17.5 Å². The molecule has 4 heteroatoms. The maximum absolute atomic E-state index is 12.2. The van der Waals surface area contributed by atoms with Crippen molar-refractivity contribution in [3.63, 3.8) is 0 Å². The van der Waals surface area contributed by atoms with E-state index in [4.69, 9.17) is 4.74 Å². The number of benzene rings is 1. The lowest BCUT2D eigenvalue weighted by atomic mass is 10.1. The summed E-state index contributed by atoms with van der Waals surface area (Å²) in [6.07, 6.45) is 2.91. The number of ketones is 1. The highest BCUT2D eigenvalue weighted by Crippen LogP contribution is 2.20. The van der Waals surface area contributed by atoms with E-state index in [1.54, 1.807) is 6.08 Å². The third-order valence-electron chi connectivity index (χ3n) is 3.01. The van der Waals surface area contributed by atoms with Gasteiger partial charge in [-0.25, -0.2) is 0 Å². The van der Waals surface area contributed by atoms with E-state index in [-0.39, 0.29) is 5.56 Å². The fraction of sp³-hybridized carbons (Fsp3) is 0.111. The third-order valence-corrected chi connectivity index (χ3v) is 3.01. The van der Waals surface area contributed by atoms with Gasteiger partial charge in [0.25, 0.3) is 0 Å². The first-order valence-corrected chi connectivity index (χ1v) is 6.90. The Hall–Kier alpha value is -2.88. The van der Waals surface area contributed by atoms with Crippen molar-refractivity contribution in [3.8, 4) is 11.5 Å². The molecule has 0 spiro atoms. The second-order valence-corrected chi connectivity index (χ2v) is 4.51. The molecule has 0 aliphatic heterocycles. The average Bonchev–Trinajstić information content (AvgIpc) is 2.69. The number of ether oxygens (including phenoxy) is 1. The van der Waals surface area contributed by atoms with Gasteiger partial charge in [-0.15, -0.1) is 0 Å². The first-order chi connectivity index (χ1) is 10.6. The summed E-state index contributed by atoms with van der Waals surface area (Å²) < 4.78 is 5.47. The molecule has 0 amide bonds. The van der Waals surface area contributed by atoms with Gasteiger partial charge in [-0.05, 0) is 37.3 Å². The Bertz CT molecular complexity index is 763. The Morgan fingerprint density at radius 2 is 1.82 bits per heavy atom. The van der Waals surface area contributed by atoms with Crippen LogP contribution in [0.2, 0.25) is 0 Å². The number of carbonyl (C=O) groups is 1. The molecule has 2 aromatic carbocycles. The molecule has 0 saturated heterocycles. The van der Waals surface area contributed by atoms with E-state index in [2.05, 4.69) is 0 Å². The van der Waals surface area contributed by atoms with Crippen molar-refractivity contribution in [1.82, 2.24) is 0 Å². The van der Waals surface area contributed by atoms with Gasteiger partial charge in [0.2, 0.25) is 5.43 Å². The summed E-state index contributed by atoms with van der Waals surface area (Å²) >= 11 is 0. The minimum absolute atomic E-state index is 0.0276. The van der Waals surface area contributed by atoms with Crippen molar-refractivity contribution in [3.05, 3.63) is 76.0 Å². The summed E-state index contributed by atoms with van der Waals surface area (Å²) in [5.41, 5.74) is 0.136. The number of rotatable bonds is 5. The van der Waals surface area contributed by atoms with Crippen LogP contribution in [0, 0.1) is 0 Å². The van der Waals surface area contributed by atoms with E-state index in [1.165, 1.54) is 30.3 Å². The highest BCUT2D eigenvalue weighted by Gasteiger charge is 2.09. The molecule has 0 fully saturated rings. The molecule has 0 aliphatic rings. The van der Waals surface area contributed by atoms with Crippen molar-refractivity contribution in [2.24, 2.45) is 0 Å². The van der Waals surface area contributed by atoms with Gasteiger partial charge in [-0.1, -0.05) is 30.3 Å². The van der Waals surface area contributed by atoms with Crippen molar-refractivity contribution >= 4 is 11.9 Å². The van der Waals surface area contributed by atoms with Gasteiger partial charge in [-0.3, -0.25) is 9.59 Å². The molecule has 0 saturated carbocycles. The molecular formula is C18H16O4. The predicted octanol–water partition coefficient (Wildman–Crippen LogP) is 3.05. The molecule has 0 aromatic heterocycles. The molecule has 0 aliphatic carbocycles. The Morgan fingerprint density at radius 1 is 1.14 bits per heavy atom. The maximum Gasteiger partial charge on any atom is 0.220 e. The molecule has 0 bridgehead atoms. The number of aromatic hydroxyl groups is 1. The number of hydrogen-bond donors (Lipinski definition) is 1. The highest BCUT2D eigenvalue weighted by atomic mass is 16.5. The van der Waals surface area contributed by atoms with Crippen LogP contribution in [0.15, 0.2) is 59.4 Å². The lowest BCUT2D eigenvalue weighted by molar-refractivity contribution is 0.104. The Balaban J connectivity index is 2.32. The summed E-state index contributed by atoms with van der Waals surface area (Å²) in [6, 6.07) is 12.9. The van der Waals surface area contributed by atoms with E-state index in [9.17, 15) is 14.7 Å². The van der Waals surface area contributed by atoms with Gasteiger partial charge in [-0.2, -0.15) is 0 Å². The zero-order chi connectivity index (χ0) is 15.9. The minimum Gasteiger partial charge on any atom is -0.504 e. The van der Waals surface area contributed by atoms with Crippen LogP contribution in [0.1, 0.15) is 22.8 Å². The minimum atomic E-state index is -0.587. The lowest BCUT2D eigenvalue weighted by Crippen LogP contribution is -2.01. The van der Waals surface area contributed by atoms with E-state index in [0.29, 0.717) is 12.4 Å². The summed E-state index contributed by atoms with van der Waals surface area (Å²) in [5, 5.41) is 9.77. The molecule has 2 rings (SSSR count). The molecule has 0 radical (unpaired) electrons. The Morgan fingerprint density at radius 3 is 2.59 bits per heavy atom.